The Morgan fingerprint density at radius 2 is 2.18 bits per heavy atom. The lowest BCUT2D eigenvalue weighted by atomic mass is 9.80. The summed E-state index contributed by atoms with van der Waals surface area (Å²) in [6, 6.07) is 0.147. The molecule has 0 aliphatic heterocycles. The van der Waals surface area contributed by atoms with Gasteiger partial charge in [0.05, 0.1) is 0 Å². The first-order chi connectivity index (χ1) is 7.94. The van der Waals surface area contributed by atoms with E-state index in [9.17, 15) is 4.79 Å². The van der Waals surface area contributed by atoms with Gasteiger partial charge < -0.3 is 10.1 Å². The number of carbonyl (C=O) groups is 1. The van der Waals surface area contributed by atoms with Gasteiger partial charge in [-0.05, 0) is 33.6 Å². The Labute approximate surface area is 99.3 Å². The van der Waals surface area contributed by atoms with Crippen molar-refractivity contribution in [2.75, 3.05) is 0 Å². The first kappa shape index (κ1) is 11.8. The SMILES string of the molecule is CC(C)(C)OC(=O)NC1CC(c2nn[nH]n2)C1. The summed E-state index contributed by atoms with van der Waals surface area (Å²) < 4.78 is 5.17. The second-order valence-electron chi connectivity index (χ2n) is 5.28. The summed E-state index contributed by atoms with van der Waals surface area (Å²) in [5, 5.41) is 16.6. The molecule has 1 aliphatic rings. The molecule has 0 bridgehead atoms. The minimum absolute atomic E-state index is 0.147. The van der Waals surface area contributed by atoms with Gasteiger partial charge in [0.1, 0.15) is 5.60 Å². The number of rotatable bonds is 2. The van der Waals surface area contributed by atoms with Gasteiger partial charge >= 0.3 is 6.09 Å². The fourth-order valence-corrected chi connectivity index (χ4v) is 1.76. The molecule has 0 unspecified atom stereocenters. The Morgan fingerprint density at radius 3 is 2.71 bits per heavy atom. The van der Waals surface area contributed by atoms with Crippen molar-refractivity contribution in [3.8, 4) is 0 Å². The summed E-state index contributed by atoms with van der Waals surface area (Å²) >= 11 is 0. The van der Waals surface area contributed by atoms with E-state index in [1.165, 1.54) is 0 Å². The van der Waals surface area contributed by atoms with Crippen LogP contribution in [-0.4, -0.2) is 38.4 Å². The first-order valence-corrected chi connectivity index (χ1v) is 5.67. The van der Waals surface area contributed by atoms with Crippen LogP contribution in [0.2, 0.25) is 0 Å². The monoisotopic (exact) mass is 239 g/mol. The summed E-state index contributed by atoms with van der Waals surface area (Å²) in [5.41, 5.74) is -0.457. The van der Waals surface area contributed by atoms with Gasteiger partial charge in [-0.2, -0.15) is 5.21 Å². The molecule has 2 N–H and O–H groups in total. The fraction of sp³-hybridized carbons (Fsp3) is 0.800. The van der Waals surface area contributed by atoms with Crippen LogP contribution in [0.1, 0.15) is 45.4 Å². The van der Waals surface area contributed by atoms with Crippen LogP contribution in [0, 0.1) is 0 Å². The van der Waals surface area contributed by atoms with Crippen molar-refractivity contribution in [3.63, 3.8) is 0 Å². The van der Waals surface area contributed by atoms with Crippen molar-refractivity contribution in [2.24, 2.45) is 0 Å². The molecule has 94 valence electrons. The van der Waals surface area contributed by atoms with Gasteiger partial charge in [0, 0.05) is 12.0 Å². The van der Waals surface area contributed by atoms with E-state index >= 15 is 0 Å². The van der Waals surface area contributed by atoms with Crippen molar-refractivity contribution >= 4 is 6.09 Å². The quantitative estimate of drug-likeness (QED) is 0.802. The summed E-state index contributed by atoms with van der Waals surface area (Å²) in [4.78, 5) is 11.5. The average molecular weight is 239 g/mol. The number of aromatic nitrogens is 4. The van der Waals surface area contributed by atoms with Gasteiger partial charge in [-0.1, -0.05) is 5.21 Å². The predicted molar refractivity (Wildman–Crippen MR) is 59.3 cm³/mol. The van der Waals surface area contributed by atoms with Crippen LogP contribution in [0.4, 0.5) is 4.79 Å². The van der Waals surface area contributed by atoms with Gasteiger partial charge in [-0.3, -0.25) is 0 Å². The first-order valence-electron chi connectivity index (χ1n) is 5.67. The molecule has 0 spiro atoms. The second kappa shape index (κ2) is 4.31. The molecule has 1 aliphatic carbocycles. The maximum Gasteiger partial charge on any atom is 0.407 e. The number of nitrogens with zero attached hydrogens (tertiary/aromatic N) is 3. The molecule has 1 aromatic heterocycles. The van der Waals surface area contributed by atoms with Crippen LogP contribution < -0.4 is 5.32 Å². The largest absolute Gasteiger partial charge is 0.444 e. The van der Waals surface area contributed by atoms with Crippen LogP contribution in [0.15, 0.2) is 0 Å². The van der Waals surface area contributed by atoms with E-state index in [1.807, 2.05) is 20.8 Å². The highest BCUT2D eigenvalue weighted by Crippen LogP contribution is 2.34. The summed E-state index contributed by atoms with van der Waals surface area (Å²) in [5.74, 6) is 1.00. The Hall–Kier alpha value is -1.66. The highest BCUT2D eigenvalue weighted by atomic mass is 16.6. The normalized spacial score (nSPS) is 23.9. The lowest BCUT2D eigenvalue weighted by Crippen LogP contribution is -2.45. The van der Waals surface area contributed by atoms with Crippen LogP contribution in [0.25, 0.3) is 0 Å². The maximum absolute atomic E-state index is 11.5. The molecular weight excluding hydrogens is 222 g/mol. The number of tetrazole rings is 1. The van der Waals surface area contributed by atoms with Gasteiger partial charge in [0.2, 0.25) is 0 Å². The van der Waals surface area contributed by atoms with Gasteiger partial charge in [0.15, 0.2) is 5.82 Å². The maximum atomic E-state index is 11.5. The van der Waals surface area contributed by atoms with Crippen molar-refractivity contribution in [3.05, 3.63) is 5.82 Å². The third-order valence-electron chi connectivity index (χ3n) is 2.59. The molecule has 1 heterocycles. The van der Waals surface area contributed by atoms with Crippen molar-refractivity contribution in [1.29, 1.82) is 0 Å². The second-order valence-corrected chi connectivity index (χ2v) is 5.28. The van der Waals surface area contributed by atoms with Gasteiger partial charge in [-0.25, -0.2) is 4.79 Å². The lowest BCUT2D eigenvalue weighted by Gasteiger charge is -2.34. The average Bonchev–Trinajstić information content (AvgIpc) is 2.59. The Bertz CT molecular complexity index is 378. The third kappa shape index (κ3) is 3.15. The molecule has 1 fully saturated rings. The Morgan fingerprint density at radius 1 is 1.47 bits per heavy atom. The molecule has 1 amide bonds. The van der Waals surface area contributed by atoms with Crippen LogP contribution in [-0.2, 0) is 4.74 Å². The van der Waals surface area contributed by atoms with Crippen LogP contribution in [0.3, 0.4) is 0 Å². The number of nitrogens with one attached hydrogen (secondary N) is 2. The van der Waals surface area contributed by atoms with Crippen molar-refractivity contribution in [1.82, 2.24) is 25.9 Å². The molecule has 0 atom stereocenters. The predicted octanol–water partition coefficient (Wildman–Crippen LogP) is 0.970. The fourth-order valence-electron chi connectivity index (χ4n) is 1.76. The lowest BCUT2D eigenvalue weighted by molar-refractivity contribution is 0.0469. The molecule has 7 heteroatoms. The van der Waals surface area contributed by atoms with E-state index in [0.29, 0.717) is 5.82 Å². The van der Waals surface area contributed by atoms with E-state index in [1.54, 1.807) is 0 Å². The molecule has 0 saturated heterocycles. The van der Waals surface area contributed by atoms with Crippen molar-refractivity contribution < 1.29 is 9.53 Å². The minimum Gasteiger partial charge on any atom is -0.444 e. The molecule has 17 heavy (non-hydrogen) atoms. The molecule has 2 rings (SSSR count). The van der Waals surface area contributed by atoms with E-state index in [4.69, 9.17) is 4.74 Å². The zero-order chi connectivity index (χ0) is 12.5. The highest BCUT2D eigenvalue weighted by Gasteiger charge is 2.34. The summed E-state index contributed by atoms with van der Waals surface area (Å²) in [7, 11) is 0. The number of carbonyl (C=O) groups excluding carboxylic acids is 1. The standard InChI is InChI=1S/C10H17N5O2/c1-10(2,3)17-9(16)11-7-4-6(5-7)8-12-14-15-13-8/h6-7H,4-5H2,1-3H3,(H,11,16)(H,12,13,14,15). The molecule has 0 aromatic carbocycles. The van der Waals surface area contributed by atoms with Crippen LogP contribution in [0.5, 0.6) is 0 Å². The number of hydrogen-bond acceptors (Lipinski definition) is 5. The molecule has 0 radical (unpaired) electrons. The number of H-pyrrole nitrogens is 1. The topological polar surface area (TPSA) is 92.8 Å². The summed E-state index contributed by atoms with van der Waals surface area (Å²) in [6.07, 6.45) is 1.30. The minimum atomic E-state index is -0.457. The highest BCUT2D eigenvalue weighted by molar-refractivity contribution is 5.68. The van der Waals surface area contributed by atoms with Crippen LogP contribution >= 0.6 is 0 Å². The molecule has 7 nitrogen and oxygen atoms in total. The van der Waals surface area contributed by atoms with E-state index in [2.05, 4.69) is 25.9 Å². The number of ether oxygens (including phenoxy) is 1. The van der Waals surface area contributed by atoms with Gasteiger partial charge in [0.25, 0.3) is 0 Å². The van der Waals surface area contributed by atoms with E-state index < -0.39 is 5.60 Å². The zero-order valence-electron chi connectivity index (χ0n) is 10.2. The van der Waals surface area contributed by atoms with Gasteiger partial charge in [-0.15, -0.1) is 10.2 Å². The number of alkyl carbamates (subject to hydrolysis) is 1. The number of aromatic amines is 1. The Balaban J connectivity index is 1.72. The zero-order valence-corrected chi connectivity index (χ0v) is 10.2. The number of amides is 1. The van der Waals surface area contributed by atoms with Crippen molar-refractivity contribution in [2.45, 2.75) is 51.2 Å². The Kier molecular flexibility index (Phi) is 2.99. The molecule has 1 saturated carbocycles. The van der Waals surface area contributed by atoms with E-state index in [0.717, 1.165) is 12.8 Å². The van der Waals surface area contributed by atoms with E-state index in [-0.39, 0.29) is 18.1 Å². The third-order valence-corrected chi connectivity index (χ3v) is 2.59. The molecular formula is C10H17N5O2. The molecule has 1 aromatic rings. The smallest absolute Gasteiger partial charge is 0.407 e. The summed E-state index contributed by atoms with van der Waals surface area (Å²) in [6.45, 7) is 5.53. The number of hydrogen-bond donors (Lipinski definition) is 2.